The average Bonchev–Trinajstić information content (AvgIpc) is 2.14. The van der Waals surface area contributed by atoms with E-state index in [-0.39, 0.29) is 25.1 Å². The Morgan fingerprint density at radius 3 is 2.31 bits per heavy atom. The number of rotatable bonds is 7. The van der Waals surface area contributed by atoms with Crippen LogP contribution in [0.25, 0.3) is 0 Å². The number of nitrogens with one attached hydrogen (secondary N) is 1. The molecule has 6 heteroatoms. The van der Waals surface area contributed by atoms with E-state index >= 15 is 0 Å². The van der Waals surface area contributed by atoms with E-state index in [1.54, 1.807) is 20.8 Å². The summed E-state index contributed by atoms with van der Waals surface area (Å²) in [5.74, 6) is -0.302. The summed E-state index contributed by atoms with van der Waals surface area (Å²) in [5, 5.41) is 11.4. The van der Waals surface area contributed by atoms with Crippen molar-refractivity contribution in [1.29, 1.82) is 0 Å². The maximum absolute atomic E-state index is 12.2. The fraction of sp³-hybridized carbons (Fsp3) is 0.900. The Labute approximate surface area is 94.6 Å². The van der Waals surface area contributed by atoms with Crippen LogP contribution in [0, 0.1) is 0 Å². The molecule has 0 bridgehead atoms. The summed E-state index contributed by atoms with van der Waals surface area (Å²) in [6.07, 6.45) is -2.51. The summed E-state index contributed by atoms with van der Waals surface area (Å²) in [6.45, 7) is 4.47. The first-order valence-electron chi connectivity index (χ1n) is 5.32. The van der Waals surface area contributed by atoms with Gasteiger partial charge in [0.1, 0.15) is 0 Å². The zero-order valence-corrected chi connectivity index (χ0v) is 9.91. The number of carbonyl (C=O) groups excluding carboxylic acids is 1. The van der Waals surface area contributed by atoms with Gasteiger partial charge in [-0.1, -0.05) is 0 Å². The molecule has 1 unspecified atom stereocenters. The third kappa shape index (κ3) is 5.97. The molecule has 1 atom stereocenters. The minimum absolute atomic E-state index is 0.0301. The topological polar surface area (TPSA) is 52.6 Å². The molecule has 0 rings (SSSR count). The van der Waals surface area contributed by atoms with Crippen LogP contribution in [0.15, 0.2) is 0 Å². The monoisotopic (exact) mass is 238 g/mol. The maximum atomic E-state index is 12.2. The third-order valence-electron chi connectivity index (χ3n) is 2.12. The summed E-state index contributed by atoms with van der Waals surface area (Å²) in [7, 11) is 0. The lowest BCUT2D eigenvalue weighted by atomic mass is 10.2. The SMILES string of the molecule is CC(C)NC(=O)C(C)N(CCO)CC(F)F. The van der Waals surface area contributed by atoms with Gasteiger partial charge in [-0.3, -0.25) is 9.69 Å². The van der Waals surface area contributed by atoms with Crippen LogP contribution in [0.5, 0.6) is 0 Å². The van der Waals surface area contributed by atoms with E-state index in [0.717, 1.165) is 0 Å². The molecule has 2 N–H and O–H groups in total. The third-order valence-corrected chi connectivity index (χ3v) is 2.12. The molecule has 0 aromatic rings. The van der Waals surface area contributed by atoms with Crippen molar-refractivity contribution in [2.45, 2.75) is 39.3 Å². The fourth-order valence-corrected chi connectivity index (χ4v) is 1.32. The molecule has 0 heterocycles. The number of halogens is 2. The summed E-state index contributed by atoms with van der Waals surface area (Å²) in [4.78, 5) is 12.8. The van der Waals surface area contributed by atoms with E-state index in [0.29, 0.717) is 0 Å². The number of nitrogens with zero attached hydrogens (tertiary/aromatic N) is 1. The molecule has 96 valence electrons. The molecule has 0 saturated carbocycles. The Hall–Kier alpha value is -0.750. The zero-order chi connectivity index (χ0) is 12.7. The lowest BCUT2D eigenvalue weighted by Gasteiger charge is -2.27. The van der Waals surface area contributed by atoms with Gasteiger partial charge in [0.2, 0.25) is 5.91 Å². The van der Waals surface area contributed by atoms with Crippen LogP contribution in [0.3, 0.4) is 0 Å². The van der Waals surface area contributed by atoms with Crippen LogP contribution in [-0.4, -0.2) is 54.1 Å². The van der Waals surface area contributed by atoms with Gasteiger partial charge in [-0.05, 0) is 20.8 Å². The average molecular weight is 238 g/mol. The molecule has 0 aromatic carbocycles. The number of alkyl halides is 2. The summed E-state index contributed by atoms with van der Waals surface area (Å²) in [6, 6.07) is -0.693. The van der Waals surface area contributed by atoms with Gasteiger partial charge in [-0.2, -0.15) is 0 Å². The van der Waals surface area contributed by atoms with Crippen LogP contribution in [0.1, 0.15) is 20.8 Å². The van der Waals surface area contributed by atoms with Gasteiger partial charge in [0.15, 0.2) is 0 Å². The van der Waals surface area contributed by atoms with Gasteiger partial charge in [0, 0.05) is 12.6 Å². The van der Waals surface area contributed by atoms with Crippen molar-refractivity contribution in [1.82, 2.24) is 10.2 Å². The normalized spacial score (nSPS) is 13.6. The predicted octanol–water partition coefficient (Wildman–Crippen LogP) is 0.459. The van der Waals surface area contributed by atoms with E-state index in [4.69, 9.17) is 5.11 Å². The van der Waals surface area contributed by atoms with E-state index in [1.807, 2.05) is 0 Å². The maximum Gasteiger partial charge on any atom is 0.251 e. The van der Waals surface area contributed by atoms with Crippen molar-refractivity contribution in [3.63, 3.8) is 0 Å². The van der Waals surface area contributed by atoms with Gasteiger partial charge >= 0.3 is 0 Å². The predicted molar refractivity (Wildman–Crippen MR) is 57.4 cm³/mol. The second kappa shape index (κ2) is 7.51. The van der Waals surface area contributed by atoms with Crippen LogP contribution in [-0.2, 0) is 4.79 Å². The van der Waals surface area contributed by atoms with Crippen molar-refractivity contribution in [2.75, 3.05) is 19.7 Å². The highest BCUT2D eigenvalue weighted by molar-refractivity contribution is 5.81. The van der Waals surface area contributed by atoms with Gasteiger partial charge in [0.25, 0.3) is 6.43 Å². The highest BCUT2D eigenvalue weighted by Gasteiger charge is 2.23. The summed E-state index contributed by atoms with van der Waals surface area (Å²) < 4.78 is 24.5. The van der Waals surface area contributed by atoms with Crippen LogP contribution in [0.2, 0.25) is 0 Å². The number of hydrogen-bond acceptors (Lipinski definition) is 3. The number of amides is 1. The van der Waals surface area contributed by atoms with Crippen LogP contribution in [0.4, 0.5) is 8.78 Å². The molecule has 0 spiro atoms. The van der Waals surface area contributed by atoms with E-state index < -0.39 is 19.0 Å². The molecule has 0 fully saturated rings. The van der Waals surface area contributed by atoms with Crippen molar-refractivity contribution in [2.24, 2.45) is 0 Å². The zero-order valence-electron chi connectivity index (χ0n) is 9.91. The van der Waals surface area contributed by atoms with Gasteiger partial charge < -0.3 is 10.4 Å². The van der Waals surface area contributed by atoms with Crippen LogP contribution < -0.4 is 5.32 Å². The van der Waals surface area contributed by atoms with Crippen molar-refractivity contribution < 1.29 is 18.7 Å². The number of aliphatic hydroxyl groups excluding tert-OH is 1. The molecule has 0 aromatic heterocycles. The lowest BCUT2D eigenvalue weighted by Crippen LogP contribution is -2.49. The lowest BCUT2D eigenvalue weighted by molar-refractivity contribution is -0.127. The van der Waals surface area contributed by atoms with Crippen molar-refractivity contribution >= 4 is 5.91 Å². The Kier molecular flexibility index (Phi) is 7.16. The number of hydrogen-bond donors (Lipinski definition) is 2. The van der Waals surface area contributed by atoms with Gasteiger partial charge in [-0.15, -0.1) is 0 Å². The second-order valence-electron chi connectivity index (χ2n) is 3.95. The Balaban J connectivity index is 4.34. The van der Waals surface area contributed by atoms with Crippen molar-refractivity contribution in [3.8, 4) is 0 Å². The molecule has 16 heavy (non-hydrogen) atoms. The first-order chi connectivity index (χ1) is 7.38. The molecule has 0 radical (unpaired) electrons. The van der Waals surface area contributed by atoms with Gasteiger partial charge in [-0.25, -0.2) is 8.78 Å². The largest absolute Gasteiger partial charge is 0.395 e. The van der Waals surface area contributed by atoms with Crippen molar-refractivity contribution in [3.05, 3.63) is 0 Å². The molecule has 0 aliphatic carbocycles. The minimum Gasteiger partial charge on any atom is -0.395 e. The first-order valence-corrected chi connectivity index (χ1v) is 5.32. The molecule has 0 aliphatic rings. The Bertz CT molecular complexity index is 213. The molecule has 1 amide bonds. The standard InChI is InChI=1S/C10H20F2N2O2/c1-7(2)13-10(16)8(3)14(4-5-15)6-9(11)12/h7-9,15H,4-6H2,1-3H3,(H,13,16). The first kappa shape index (κ1) is 15.2. The minimum atomic E-state index is -2.51. The summed E-state index contributed by atoms with van der Waals surface area (Å²) >= 11 is 0. The smallest absolute Gasteiger partial charge is 0.251 e. The van der Waals surface area contributed by atoms with E-state index in [1.165, 1.54) is 4.90 Å². The molecule has 0 aliphatic heterocycles. The van der Waals surface area contributed by atoms with Crippen LogP contribution >= 0.6 is 0 Å². The molecular formula is C10H20F2N2O2. The Morgan fingerprint density at radius 1 is 1.38 bits per heavy atom. The fourth-order valence-electron chi connectivity index (χ4n) is 1.32. The van der Waals surface area contributed by atoms with E-state index in [2.05, 4.69) is 5.32 Å². The van der Waals surface area contributed by atoms with Gasteiger partial charge in [0.05, 0.1) is 19.2 Å². The number of aliphatic hydroxyl groups is 1. The molecular weight excluding hydrogens is 218 g/mol. The quantitative estimate of drug-likeness (QED) is 0.677. The highest BCUT2D eigenvalue weighted by Crippen LogP contribution is 2.04. The highest BCUT2D eigenvalue weighted by atomic mass is 19.3. The van der Waals surface area contributed by atoms with E-state index in [9.17, 15) is 13.6 Å². The molecule has 0 saturated heterocycles. The molecule has 4 nitrogen and oxygen atoms in total. The Morgan fingerprint density at radius 2 is 1.94 bits per heavy atom. The second-order valence-corrected chi connectivity index (χ2v) is 3.95. The summed E-state index contributed by atoms with van der Waals surface area (Å²) in [5.41, 5.74) is 0. The number of carbonyl (C=O) groups is 1.